The summed E-state index contributed by atoms with van der Waals surface area (Å²) in [5.41, 5.74) is 4.22. The number of fused-ring (bicyclic) bond motifs is 1. The number of ether oxygens (including phenoxy) is 1. The fourth-order valence-electron chi connectivity index (χ4n) is 5.38. The molecule has 1 aliphatic rings. The Morgan fingerprint density at radius 1 is 0.949 bits per heavy atom. The minimum atomic E-state index is -0.242. The number of carbonyl (C=O) groups is 2. The molecule has 202 valence electrons. The zero-order valence-electron chi connectivity index (χ0n) is 22.8. The zero-order valence-corrected chi connectivity index (χ0v) is 22.8. The van der Waals surface area contributed by atoms with Crippen molar-refractivity contribution in [3.8, 4) is 5.75 Å². The second kappa shape index (κ2) is 12.2. The quantitative estimate of drug-likeness (QED) is 0.250. The lowest BCUT2D eigenvalue weighted by atomic mass is 9.95. The van der Waals surface area contributed by atoms with Crippen molar-refractivity contribution in [3.63, 3.8) is 0 Å². The second-order valence-electron chi connectivity index (χ2n) is 10.3. The Hall–Kier alpha value is -4.06. The van der Waals surface area contributed by atoms with Gasteiger partial charge in [0, 0.05) is 41.8 Å². The van der Waals surface area contributed by atoms with E-state index < -0.39 is 0 Å². The lowest BCUT2D eigenvalue weighted by molar-refractivity contribution is -0.142. The van der Waals surface area contributed by atoms with Crippen LogP contribution in [0.2, 0.25) is 0 Å². The second-order valence-corrected chi connectivity index (χ2v) is 10.3. The van der Waals surface area contributed by atoms with E-state index in [2.05, 4.69) is 17.1 Å². The van der Waals surface area contributed by atoms with Crippen LogP contribution in [-0.2, 0) is 22.6 Å². The van der Waals surface area contributed by atoms with Crippen LogP contribution in [-0.4, -0.2) is 52.8 Å². The van der Waals surface area contributed by atoms with Crippen LogP contribution in [0, 0.1) is 0 Å². The van der Waals surface area contributed by atoms with E-state index >= 15 is 0 Å². The topological polar surface area (TPSA) is 65.6 Å². The molecule has 39 heavy (non-hydrogen) atoms. The van der Waals surface area contributed by atoms with Gasteiger partial charge in [-0.05, 0) is 48.9 Å². The van der Waals surface area contributed by atoms with Gasteiger partial charge in [-0.3, -0.25) is 9.59 Å². The molecule has 1 heterocycles. The number of methoxy groups -OCH3 is 1. The number of hydrogen-bond acceptors (Lipinski definition) is 3. The summed E-state index contributed by atoms with van der Waals surface area (Å²) in [5.74, 6) is 0.526. The van der Waals surface area contributed by atoms with Crippen molar-refractivity contribution in [2.75, 3.05) is 20.2 Å². The number of hydrogen-bond donors (Lipinski definition) is 1. The number of benzene rings is 3. The molecule has 0 spiro atoms. The van der Waals surface area contributed by atoms with Gasteiger partial charge in [0.2, 0.25) is 11.8 Å². The van der Waals surface area contributed by atoms with Crippen molar-refractivity contribution in [2.45, 2.75) is 51.1 Å². The van der Waals surface area contributed by atoms with Gasteiger partial charge in [0.25, 0.3) is 0 Å². The highest BCUT2D eigenvalue weighted by Gasteiger charge is 2.37. The zero-order chi connectivity index (χ0) is 27.2. The molecule has 6 heteroatoms. The number of aromatic amines is 1. The third-order valence-electron chi connectivity index (χ3n) is 7.72. The molecule has 0 radical (unpaired) electrons. The molecule has 2 amide bonds. The molecular formula is C33H37N3O3. The molecule has 1 aliphatic carbocycles. The molecule has 1 saturated carbocycles. The van der Waals surface area contributed by atoms with Crippen molar-refractivity contribution >= 4 is 22.7 Å². The van der Waals surface area contributed by atoms with Crippen LogP contribution in [0.5, 0.6) is 5.75 Å². The van der Waals surface area contributed by atoms with Crippen LogP contribution in [0.15, 0.2) is 85.1 Å². The lowest BCUT2D eigenvalue weighted by Crippen LogP contribution is -2.45. The number of aromatic nitrogens is 1. The average molecular weight is 524 g/mol. The largest absolute Gasteiger partial charge is 0.496 e. The van der Waals surface area contributed by atoms with Gasteiger partial charge < -0.3 is 19.5 Å². The van der Waals surface area contributed by atoms with Crippen LogP contribution < -0.4 is 4.74 Å². The highest BCUT2D eigenvalue weighted by atomic mass is 16.5. The van der Waals surface area contributed by atoms with Crippen LogP contribution in [0.3, 0.4) is 0 Å². The standard InChI is InChI=1S/C33H37N3O3/c1-3-28(24-11-5-4-6-12-24)33(38)36(27-17-18-27)23-32(37)35(22-26-13-7-10-16-31(26)39-2)20-19-25-21-34-30-15-9-8-14-29(25)30/h4-16,21,27-28,34H,3,17-20,22-23H2,1-2H3. The summed E-state index contributed by atoms with van der Waals surface area (Å²) in [6.07, 6.45) is 5.34. The molecule has 6 nitrogen and oxygen atoms in total. The van der Waals surface area contributed by atoms with E-state index in [0.29, 0.717) is 25.9 Å². The van der Waals surface area contributed by atoms with Crippen molar-refractivity contribution in [1.82, 2.24) is 14.8 Å². The number of nitrogens with one attached hydrogen (secondary N) is 1. The molecule has 1 unspecified atom stereocenters. The number of para-hydroxylation sites is 2. The molecule has 5 rings (SSSR count). The van der Waals surface area contributed by atoms with Crippen LogP contribution >= 0.6 is 0 Å². The van der Waals surface area contributed by atoms with Gasteiger partial charge >= 0.3 is 0 Å². The van der Waals surface area contributed by atoms with Gasteiger partial charge in [0.1, 0.15) is 12.3 Å². The average Bonchev–Trinajstić information content (AvgIpc) is 3.74. The van der Waals surface area contributed by atoms with Gasteiger partial charge in [-0.1, -0.05) is 73.7 Å². The first-order chi connectivity index (χ1) is 19.1. The van der Waals surface area contributed by atoms with Gasteiger partial charge in [-0.15, -0.1) is 0 Å². The third-order valence-corrected chi connectivity index (χ3v) is 7.72. The number of nitrogens with zero attached hydrogens (tertiary/aromatic N) is 2. The monoisotopic (exact) mass is 523 g/mol. The molecule has 1 N–H and O–H groups in total. The Morgan fingerprint density at radius 3 is 2.41 bits per heavy atom. The summed E-state index contributed by atoms with van der Waals surface area (Å²) < 4.78 is 5.59. The molecule has 4 aromatic rings. The molecule has 1 fully saturated rings. The van der Waals surface area contributed by atoms with Crippen LogP contribution in [0.25, 0.3) is 10.9 Å². The van der Waals surface area contributed by atoms with Gasteiger partial charge in [0.15, 0.2) is 0 Å². The minimum absolute atomic E-state index is 0.0380. The summed E-state index contributed by atoms with van der Waals surface area (Å²) in [6.45, 7) is 3.10. The lowest BCUT2D eigenvalue weighted by Gasteiger charge is -2.30. The number of amides is 2. The predicted octanol–water partition coefficient (Wildman–Crippen LogP) is 5.93. The maximum atomic E-state index is 13.9. The van der Waals surface area contributed by atoms with E-state index in [1.165, 1.54) is 10.9 Å². The fourth-order valence-corrected chi connectivity index (χ4v) is 5.38. The normalized spacial score (nSPS) is 13.7. The Kier molecular flexibility index (Phi) is 8.30. The Balaban J connectivity index is 1.37. The molecule has 0 aliphatic heterocycles. The van der Waals surface area contributed by atoms with Gasteiger partial charge in [0.05, 0.1) is 13.0 Å². The van der Waals surface area contributed by atoms with E-state index in [9.17, 15) is 9.59 Å². The van der Waals surface area contributed by atoms with E-state index in [0.717, 1.165) is 35.2 Å². The third kappa shape index (κ3) is 6.17. The summed E-state index contributed by atoms with van der Waals surface area (Å²) >= 11 is 0. The summed E-state index contributed by atoms with van der Waals surface area (Å²) in [5, 5.41) is 1.17. The Labute approximate surface area is 230 Å². The summed E-state index contributed by atoms with van der Waals surface area (Å²) in [7, 11) is 1.65. The SMILES string of the molecule is CCC(C(=O)N(CC(=O)N(CCc1c[nH]c2ccccc12)Cc1ccccc1OC)C1CC1)c1ccccc1. The molecule has 1 aromatic heterocycles. The van der Waals surface area contributed by atoms with E-state index in [1.807, 2.05) is 89.7 Å². The van der Waals surface area contributed by atoms with Crippen LogP contribution in [0.1, 0.15) is 48.8 Å². The highest BCUT2D eigenvalue weighted by Crippen LogP contribution is 2.32. The fraction of sp³-hybridized carbons (Fsp3) is 0.333. The first-order valence-electron chi connectivity index (χ1n) is 13.9. The molecule has 1 atom stereocenters. The number of rotatable bonds is 12. The number of carbonyl (C=O) groups excluding carboxylic acids is 2. The first-order valence-corrected chi connectivity index (χ1v) is 13.9. The van der Waals surface area contributed by atoms with E-state index in [1.54, 1.807) is 7.11 Å². The Morgan fingerprint density at radius 2 is 1.67 bits per heavy atom. The minimum Gasteiger partial charge on any atom is -0.496 e. The molecule has 3 aromatic carbocycles. The van der Waals surface area contributed by atoms with Gasteiger partial charge in [-0.2, -0.15) is 0 Å². The maximum absolute atomic E-state index is 13.9. The smallest absolute Gasteiger partial charge is 0.242 e. The van der Waals surface area contributed by atoms with Crippen molar-refractivity contribution < 1.29 is 14.3 Å². The summed E-state index contributed by atoms with van der Waals surface area (Å²) in [6, 6.07) is 26.1. The highest BCUT2D eigenvalue weighted by molar-refractivity contribution is 5.89. The first kappa shape index (κ1) is 26.5. The molecular weight excluding hydrogens is 486 g/mol. The van der Waals surface area contributed by atoms with Crippen LogP contribution in [0.4, 0.5) is 0 Å². The molecule has 0 saturated heterocycles. The summed E-state index contributed by atoms with van der Waals surface area (Å²) in [4.78, 5) is 34.8. The van der Waals surface area contributed by atoms with Gasteiger partial charge in [-0.25, -0.2) is 0 Å². The van der Waals surface area contributed by atoms with E-state index in [-0.39, 0.29) is 30.3 Å². The number of H-pyrrole nitrogens is 1. The Bertz CT molecular complexity index is 1410. The van der Waals surface area contributed by atoms with Crippen molar-refractivity contribution in [3.05, 3.63) is 102 Å². The molecule has 0 bridgehead atoms. The van der Waals surface area contributed by atoms with Crippen molar-refractivity contribution in [1.29, 1.82) is 0 Å². The predicted molar refractivity (Wildman–Crippen MR) is 155 cm³/mol. The van der Waals surface area contributed by atoms with E-state index in [4.69, 9.17) is 4.74 Å². The van der Waals surface area contributed by atoms with Crippen molar-refractivity contribution in [2.24, 2.45) is 0 Å². The maximum Gasteiger partial charge on any atom is 0.242 e.